The molecule has 1 N–H and O–H groups in total. The number of nitrogens with one attached hydrogen (secondary N) is 1. The highest BCUT2D eigenvalue weighted by Crippen LogP contribution is 2.29. The molecule has 2 aromatic carbocycles. The third-order valence-corrected chi connectivity index (χ3v) is 5.34. The predicted molar refractivity (Wildman–Crippen MR) is 110 cm³/mol. The van der Waals surface area contributed by atoms with E-state index >= 15 is 0 Å². The Morgan fingerprint density at radius 2 is 1.90 bits per heavy atom. The van der Waals surface area contributed by atoms with Crippen LogP contribution >= 0.6 is 22.9 Å². The number of esters is 1. The van der Waals surface area contributed by atoms with Crippen molar-refractivity contribution in [1.82, 2.24) is 0 Å². The highest BCUT2D eigenvalue weighted by molar-refractivity contribution is 7.12. The Hall–Kier alpha value is -3.23. The van der Waals surface area contributed by atoms with Crippen LogP contribution in [0.2, 0.25) is 5.02 Å². The van der Waals surface area contributed by atoms with Gasteiger partial charge in [0.1, 0.15) is 4.88 Å². The van der Waals surface area contributed by atoms with Crippen LogP contribution in [0.4, 0.5) is 11.4 Å². The van der Waals surface area contributed by atoms with Crippen molar-refractivity contribution in [1.29, 1.82) is 0 Å². The van der Waals surface area contributed by atoms with Gasteiger partial charge < -0.3 is 10.1 Å². The molecule has 0 aliphatic heterocycles. The fourth-order valence-corrected chi connectivity index (χ4v) is 3.59. The summed E-state index contributed by atoms with van der Waals surface area (Å²) in [5, 5.41) is 15.2. The SMILES string of the molecule is Cc1ccsc1C(=O)OC(C(=O)Nc1ccc([N+](=O)[O-])cc1Cl)c1ccccc1. The Morgan fingerprint density at radius 1 is 1.17 bits per heavy atom. The van der Waals surface area contributed by atoms with Gasteiger partial charge in [-0.05, 0) is 30.0 Å². The van der Waals surface area contributed by atoms with Crippen molar-refractivity contribution >= 4 is 46.2 Å². The molecule has 1 heterocycles. The first-order valence-corrected chi connectivity index (χ1v) is 9.67. The molecule has 0 saturated carbocycles. The van der Waals surface area contributed by atoms with E-state index in [9.17, 15) is 19.7 Å². The van der Waals surface area contributed by atoms with E-state index < -0.39 is 22.9 Å². The average molecular weight is 431 g/mol. The Labute approximate surface area is 175 Å². The first-order valence-electron chi connectivity index (χ1n) is 8.41. The summed E-state index contributed by atoms with van der Waals surface area (Å²) < 4.78 is 5.51. The minimum Gasteiger partial charge on any atom is -0.443 e. The number of non-ortho nitro benzene ring substituents is 1. The molecule has 0 bridgehead atoms. The summed E-state index contributed by atoms with van der Waals surface area (Å²) in [6, 6.07) is 14.0. The number of carbonyl (C=O) groups excluding carboxylic acids is 2. The molecule has 1 aromatic heterocycles. The molecule has 3 aromatic rings. The van der Waals surface area contributed by atoms with Crippen LogP contribution in [0.5, 0.6) is 0 Å². The molecule has 0 aliphatic rings. The van der Waals surface area contributed by atoms with Crippen LogP contribution in [0, 0.1) is 17.0 Å². The molecule has 1 unspecified atom stereocenters. The molecule has 0 spiro atoms. The quantitative estimate of drug-likeness (QED) is 0.331. The number of aryl methyl sites for hydroxylation is 1. The van der Waals surface area contributed by atoms with Gasteiger partial charge in [0.05, 0.1) is 15.6 Å². The van der Waals surface area contributed by atoms with Crippen molar-refractivity contribution in [2.45, 2.75) is 13.0 Å². The van der Waals surface area contributed by atoms with Crippen LogP contribution in [0.15, 0.2) is 60.0 Å². The van der Waals surface area contributed by atoms with Gasteiger partial charge in [-0.15, -0.1) is 11.3 Å². The second kappa shape index (κ2) is 8.85. The number of amides is 1. The topological polar surface area (TPSA) is 98.5 Å². The van der Waals surface area contributed by atoms with E-state index in [0.29, 0.717) is 10.4 Å². The van der Waals surface area contributed by atoms with Crippen molar-refractivity contribution in [3.63, 3.8) is 0 Å². The summed E-state index contributed by atoms with van der Waals surface area (Å²) in [5.41, 5.74) is 1.20. The smallest absolute Gasteiger partial charge is 0.349 e. The Bertz CT molecular complexity index is 1070. The minimum absolute atomic E-state index is 0.000195. The van der Waals surface area contributed by atoms with Gasteiger partial charge in [0.25, 0.3) is 11.6 Å². The van der Waals surface area contributed by atoms with E-state index in [4.69, 9.17) is 16.3 Å². The highest BCUT2D eigenvalue weighted by Gasteiger charge is 2.27. The van der Waals surface area contributed by atoms with Crippen molar-refractivity contribution in [2.24, 2.45) is 0 Å². The van der Waals surface area contributed by atoms with E-state index in [2.05, 4.69) is 5.32 Å². The number of halogens is 1. The second-order valence-corrected chi connectivity index (χ2v) is 7.36. The zero-order valence-electron chi connectivity index (χ0n) is 15.1. The number of benzene rings is 2. The number of thiophene rings is 1. The highest BCUT2D eigenvalue weighted by atomic mass is 35.5. The number of nitro benzene ring substituents is 1. The molecule has 0 saturated heterocycles. The summed E-state index contributed by atoms with van der Waals surface area (Å²) in [7, 11) is 0. The Kier molecular flexibility index (Phi) is 6.26. The number of nitro groups is 1. The third-order valence-electron chi connectivity index (χ3n) is 4.03. The predicted octanol–water partition coefficient (Wildman–Crippen LogP) is 5.15. The first-order chi connectivity index (χ1) is 13.9. The number of rotatable bonds is 6. The van der Waals surface area contributed by atoms with Crippen molar-refractivity contribution in [3.05, 3.63) is 91.1 Å². The van der Waals surface area contributed by atoms with Crippen LogP contribution in [-0.2, 0) is 9.53 Å². The van der Waals surface area contributed by atoms with Crippen LogP contribution in [0.25, 0.3) is 0 Å². The molecule has 0 aliphatic carbocycles. The molecular formula is C20H15ClN2O5S. The third kappa shape index (κ3) is 4.79. The van der Waals surface area contributed by atoms with Gasteiger partial charge in [-0.2, -0.15) is 0 Å². The molecule has 3 rings (SSSR count). The van der Waals surface area contributed by atoms with E-state index in [1.807, 2.05) is 0 Å². The molecule has 7 nitrogen and oxygen atoms in total. The summed E-state index contributed by atoms with van der Waals surface area (Å²) in [4.78, 5) is 36.1. The number of ether oxygens (including phenoxy) is 1. The van der Waals surface area contributed by atoms with Gasteiger partial charge in [-0.1, -0.05) is 41.9 Å². The zero-order chi connectivity index (χ0) is 21.0. The second-order valence-electron chi connectivity index (χ2n) is 6.04. The molecule has 29 heavy (non-hydrogen) atoms. The number of hydrogen-bond acceptors (Lipinski definition) is 6. The zero-order valence-corrected chi connectivity index (χ0v) is 16.7. The summed E-state index contributed by atoms with van der Waals surface area (Å²) in [6.07, 6.45) is -1.23. The van der Waals surface area contributed by atoms with Gasteiger partial charge in [0, 0.05) is 17.7 Å². The van der Waals surface area contributed by atoms with E-state index in [1.54, 1.807) is 48.7 Å². The lowest BCUT2D eigenvalue weighted by Gasteiger charge is -2.18. The summed E-state index contributed by atoms with van der Waals surface area (Å²) >= 11 is 7.28. The van der Waals surface area contributed by atoms with Crippen LogP contribution in [0.1, 0.15) is 26.9 Å². The number of anilines is 1. The van der Waals surface area contributed by atoms with E-state index in [1.165, 1.54) is 23.5 Å². The molecule has 0 fully saturated rings. The number of hydrogen-bond donors (Lipinski definition) is 1. The first kappa shape index (κ1) is 20.5. The molecule has 9 heteroatoms. The molecular weight excluding hydrogens is 416 g/mol. The van der Waals surface area contributed by atoms with E-state index in [0.717, 1.165) is 11.6 Å². The lowest BCUT2D eigenvalue weighted by molar-refractivity contribution is -0.384. The molecule has 0 radical (unpaired) electrons. The van der Waals surface area contributed by atoms with Crippen molar-refractivity contribution in [3.8, 4) is 0 Å². The van der Waals surface area contributed by atoms with Gasteiger partial charge in [-0.3, -0.25) is 14.9 Å². The maximum atomic E-state index is 12.9. The van der Waals surface area contributed by atoms with Gasteiger partial charge >= 0.3 is 5.97 Å². The summed E-state index contributed by atoms with van der Waals surface area (Å²) in [5.74, 6) is -1.24. The molecule has 1 atom stereocenters. The molecule has 1 amide bonds. The van der Waals surface area contributed by atoms with Crippen LogP contribution in [0.3, 0.4) is 0 Å². The summed E-state index contributed by atoms with van der Waals surface area (Å²) in [6.45, 7) is 1.78. The van der Waals surface area contributed by atoms with Gasteiger partial charge in [-0.25, -0.2) is 4.79 Å². The largest absolute Gasteiger partial charge is 0.443 e. The standard InChI is InChI=1S/C20H15ClN2O5S/c1-12-9-10-29-18(12)20(25)28-17(13-5-3-2-4-6-13)19(24)22-16-8-7-14(23(26)27)11-15(16)21/h2-11,17H,1H3,(H,22,24). The normalized spacial score (nSPS) is 11.5. The fraction of sp³-hybridized carbons (Fsp3) is 0.100. The Balaban J connectivity index is 1.86. The average Bonchev–Trinajstić information content (AvgIpc) is 3.14. The molecule has 148 valence electrons. The van der Waals surface area contributed by atoms with Crippen LogP contribution in [-0.4, -0.2) is 16.8 Å². The monoisotopic (exact) mass is 430 g/mol. The maximum absolute atomic E-state index is 12.9. The Morgan fingerprint density at radius 3 is 2.48 bits per heavy atom. The fourth-order valence-electron chi connectivity index (χ4n) is 2.56. The van der Waals surface area contributed by atoms with Crippen molar-refractivity contribution in [2.75, 3.05) is 5.32 Å². The van der Waals surface area contributed by atoms with Gasteiger partial charge in [0.15, 0.2) is 0 Å². The maximum Gasteiger partial charge on any atom is 0.349 e. The van der Waals surface area contributed by atoms with Gasteiger partial charge in [0.2, 0.25) is 6.10 Å². The minimum atomic E-state index is -1.23. The van der Waals surface area contributed by atoms with Crippen molar-refractivity contribution < 1.29 is 19.2 Å². The number of nitrogens with zero attached hydrogens (tertiary/aromatic N) is 1. The lowest BCUT2D eigenvalue weighted by atomic mass is 10.1. The van der Waals surface area contributed by atoms with Crippen LogP contribution < -0.4 is 5.32 Å². The number of carbonyl (C=O) groups is 2. The van der Waals surface area contributed by atoms with E-state index in [-0.39, 0.29) is 16.4 Å². The lowest BCUT2D eigenvalue weighted by Crippen LogP contribution is -2.26.